The van der Waals surface area contributed by atoms with Crippen molar-refractivity contribution in [2.45, 2.75) is 102 Å². The number of hydrogen-bond donors (Lipinski definition) is 2. The molecule has 5 heteroatoms. The van der Waals surface area contributed by atoms with Crippen molar-refractivity contribution in [3.8, 4) is 5.75 Å². The first kappa shape index (κ1) is 26.1. The van der Waals surface area contributed by atoms with E-state index in [0.29, 0.717) is 30.8 Å². The predicted octanol–water partition coefficient (Wildman–Crippen LogP) is 5.52. The lowest BCUT2D eigenvalue weighted by Crippen LogP contribution is -2.64. The van der Waals surface area contributed by atoms with Crippen molar-refractivity contribution in [2.24, 2.45) is 28.6 Å². The van der Waals surface area contributed by atoms with Gasteiger partial charge in [-0.1, -0.05) is 26.0 Å². The quantitative estimate of drug-likeness (QED) is 0.527. The fraction of sp³-hybridized carbons (Fsp3) is 0.812. The molecule has 0 spiro atoms. The number of rotatable bonds is 6. The average molecular weight is 512 g/mol. The van der Waals surface area contributed by atoms with Gasteiger partial charge in [0.05, 0.1) is 31.0 Å². The van der Waals surface area contributed by atoms with Crippen molar-refractivity contribution in [3.05, 3.63) is 29.8 Å². The molecule has 4 saturated carbocycles. The van der Waals surface area contributed by atoms with Gasteiger partial charge < -0.3 is 24.6 Å². The average Bonchev–Trinajstić information content (AvgIpc) is 3.50. The molecule has 206 valence electrons. The van der Waals surface area contributed by atoms with E-state index in [-0.39, 0.29) is 11.3 Å². The first-order valence-corrected chi connectivity index (χ1v) is 15.2. The number of nitrogens with zero attached hydrogens (tertiary/aromatic N) is 1. The Morgan fingerprint density at radius 3 is 2.38 bits per heavy atom. The topological polar surface area (TPSA) is 62.2 Å². The monoisotopic (exact) mass is 511 g/mol. The number of aliphatic hydroxyl groups is 2. The van der Waals surface area contributed by atoms with Crippen LogP contribution in [-0.4, -0.2) is 60.2 Å². The van der Waals surface area contributed by atoms with E-state index < -0.39 is 16.6 Å². The summed E-state index contributed by atoms with van der Waals surface area (Å²) in [6.07, 6.45) is 12.2. The van der Waals surface area contributed by atoms with Gasteiger partial charge in [-0.15, -0.1) is 0 Å². The summed E-state index contributed by atoms with van der Waals surface area (Å²) >= 11 is 0. The van der Waals surface area contributed by atoms with Gasteiger partial charge >= 0.3 is 0 Å². The maximum Gasteiger partial charge on any atom is 0.118 e. The van der Waals surface area contributed by atoms with Crippen molar-refractivity contribution >= 4 is 0 Å². The molecule has 0 radical (unpaired) electrons. The molecule has 5 nitrogen and oxygen atoms in total. The molecule has 5 fully saturated rings. The molecule has 8 atom stereocenters. The molecule has 1 saturated heterocycles. The molecule has 4 aliphatic carbocycles. The van der Waals surface area contributed by atoms with E-state index in [4.69, 9.17) is 9.47 Å². The van der Waals surface area contributed by atoms with Gasteiger partial charge in [-0.25, -0.2) is 0 Å². The summed E-state index contributed by atoms with van der Waals surface area (Å²) in [5.74, 6) is 2.30. The third-order valence-electron chi connectivity index (χ3n) is 12.5. The minimum Gasteiger partial charge on any atom is -0.497 e. The Kier molecular flexibility index (Phi) is 6.70. The van der Waals surface area contributed by atoms with Crippen LogP contribution in [0.4, 0.5) is 0 Å². The fourth-order valence-electron chi connectivity index (χ4n) is 10.0. The number of ether oxygens (including phenoxy) is 2. The third-order valence-corrected chi connectivity index (χ3v) is 12.5. The van der Waals surface area contributed by atoms with E-state index in [0.717, 1.165) is 50.1 Å². The smallest absolute Gasteiger partial charge is 0.118 e. The number of methoxy groups -OCH3 is 1. The first-order valence-electron chi connectivity index (χ1n) is 15.2. The number of benzene rings is 1. The van der Waals surface area contributed by atoms with E-state index in [1.165, 1.54) is 45.2 Å². The molecule has 1 aromatic carbocycles. The van der Waals surface area contributed by atoms with Gasteiger partial charge in [-0.3, -0.25) is 0 Å². The standard InChI is InChI=1S/C32H49NO4/c1-29-14-12-26(37-21-20-33-18-4-5-19-33)22-24(29)8-11-28-27(29)13-15-30(2)31(34,16-17-32(28,30)35)23-6-9-25(36-3)10-7-23/h6-7,9-10,24,26-28,34-35H,4-5,8,11-22H2,1-3H3/t24-,26-,27-,28+,29-,30+,31-,32-/m0/s1. The molecule has 1 aromatic rings. The Bertz CT molecular complexity index is 962. The van der Waals surface area contributed by atoms with Crippen molar-refractivity contribution in [3.63, 3.8) is 0 Å². The summed E-state index contributed by atoms with van der Waals surface area (Å²) in [5, 5.41) is 24.7. The molecule has 6 rings (SSSR count). The van der Waals surface area contributed by atoms with Crippen LogP contribution in [0.2, 0.25) is 0 Å². The zero-order valence-electron chi connectivity index (χ0n) is 23.4. The largest absolute Gasteiger partial charge is 0.497 e. The Hall–Kier alpha value is -1.14. The highest BCUT2D eigenvalue weighted by atomic mass is 16.5. The number of likely N-dealkylation sites (tertiary alicyclic amines) is 1. The maximum absolute atomic E-state index is 12.5. The van der Waals surface area contributed by atoms with E-state index in [2.05, 4.69) is 18.7 Å². The SMILES string of the molecule is COc1ccc([C@@]2(O)CC[C@]3(O)[C@@H]4CC[C@H]5C[C@@H](OCCN6CCCC6)CC[C@]5(C)[C@H]4CC[C@]23C)cc1. The van der Waals surface area contributed by atoms with Crippen LogP contribution in [-0.2, 0) is 10.3 Å². The molecule has 37 heavy (non-hydrogen) atoms. The van der Waals surface area contributed by atoms with Crippen molar-refractivity contribution in [2.75, 3.05) is 33.4 Å². The summed E-state index contributed by atoms with van der Waals surface area (Å²) in [7, 11) is 1.67. The Balaban J connectivity index is 1.16. The molecule has 0 bridgehead atoms. The second-order valence-electron chi connectivity index (χ2n) is 13.7. The second kappa shape index (κ2) is 9.50. The normalized spacial score (nSPS) is 45.8. The molecule has 1 heterocycles. The highest BCUT2D eigenvalue weighted by Crippen LogP contribution is 2.71. The van der Waals surface area contributed by atoms with Crippen LogP contribution in [0.3, 0.4) is 0 Å². The van der Waals surface area contributed by atoms with Crippen LogP contribution >= 0.6 is 0 Å². The van der Waals surface area contributed by atoms with Gasteiger partial charge in [-0.2, -0.15) is 0 Å². The van der Waals surface area contributed by atoms with E-state index in [9.17, 15) is 10.2 Å². The molecule has 0 unspecified atom stereocenters. The highest BCUT2D eigenvalue weighted by Gasteiger charge is 2.72. The highest BCUT2D eigenvalue weighted by molar-refractivity contribution is 5.36. The minimum absolute atomic E-state index is 0.271. The second-order valence-corrected chi connectivity index (χ2v) is 13.7. The number of fused-ring (bicyclic) bond motifs is 5. The lowest BCUT2D eigenvalue weighted by atomic mass is 9.43. The molecule has 0 aromatic heterocycles. The predicted molar refractivity (Wildman–Crippen MR) is 145 cm³/mol. The van der Waals surface area contributed by atoms with Crippen molar-refractivity contribution < 1.29 is 19.7 Å². The van der Waals surface area contributed by atoms with E-state index in [1.54, 1.807) is 7.11 Å². The van der Waals surface area contributed by atoms with Crippen LogP contribution in [0, 0.1) is 28.6 Å². The number of hydrogen-bond acceptors (Lipinski definition) is 5. The first-order chi connectivity index (χ1) is 17.7. The molecule has 5 aliphatic rings. The minimum atomic E-state index is -1.00. The summed E-state index contributed by atoms with van der Waals surface area (Å²) in [6.45, 7) is 9.17. The zero-order valence-corrected chi connectivity index (χ0v) is 23.4. The molecule has 0 amide bonds. The van der Waals surface area contributed by atoms with Crippen molar-refractivity contribution in [1.82, 2.24) is 4.90 Å². The Morgan fingerprint density at radius 1 is 0.892 bits per heavy atom. The molecule has 2 N–H and O–H groups in total. The van der Waals surface area contributed by atoms with Crippen LogP contribution in [0.25, 0.3) is 0 Å². The summed E-state index contributed by atoms with van der Waals surface area (Å²) in [4.78, 5) is 2.55. The maximum atomic E-state index is 12.5. The van der Waals surface area contributed by atoms with Gasteiger partial charge in [0.25, 0.3) is 0 Å². The van der Waals surface area contributed by atoms with Gasteiger partial charge in [0.2, 0.25) is 0 Å². The van der Waals surface area contributed by atoms with Gasteiger partial charge in [0.15, 0.2) is 0 Å². The lowest BCUT2D eigenvalue weighted by molar-refractivity contribution is -0.239. The van der Waals surface area contributed by atoms with Crippen molar-refractivity contribution in [1.29, 1.82) is 0 Å². The van der Waals surface area contributed by atoms with Gasteiger partial charge in [-0.05, 0) is 125 Å². The lowest BCUT2D eigenvalue weighted by Gasteiger charge is -2.64. The van der Waals surface area contributed by atoms with Crippen LogP contribution in [0.1, 0.15) is 90.0 Å². The summed E-state index contributed by atoms with van der Waals surface area (Å²) in [5.41, 5.74) is -1.15. The third kappa shape index (κ3) is 3.93. The van der Waals surface area contributed by atoms with Crippen LogP contribution < -0.4 is 4.74 Å². The van der Waals surface area contributed by atoms with Crippen LogP contribution in [0.5, 0.6) is 5.75 Å². The summed E-state index contributed by atoms with van der Waals surface area (Å²) < 4.78 is 11.8. The van der Waals surface area contributed by atoms with Gasteiger partial charge in [0.1, 0.15) is 5.75 Å². The Morgan fingerprint density at radius 2 is 1.65 bits per heavy atom. The zero-order chi connectivity index (χ0) is 25.9. The van der Waals surface area contributed by atoms with E-state index in [1.807, 2.05) is 24.3 Å². The Labute approximate surface area is 223 Å². The molecular weight excluding hydrogens is 462 g/mol. The molecular formula is C32H49NO4. The van der Waals surface area contributed by atoms with Gasteiger partial charge in [0, 0.05) is 12.0 Å². The van der Waals surface area contributed by atoms with E-state index >= 15 is 0 Å². The summed E-state index contributed by atoms with van der Waals surface area (Å²) in [6, 6.07) is 7.89. The van der Waals surface area contributed by atoms with Crippen LogP contribution in [0.15, 0.2) is 24.3 Å². The molecule has 1 aliphatic heterocycles. The fourth-order valence-corrected chi connectivity index (χ4v) is 10.0.